The summed E-state index contributed by atoms with van der Waals surface area (Å²) in [5.41, 5.74) is 5.97. The molecule has 0 bridgehead atoms. The Kier molecular flexibility index (Phi) is 3.38. The number of anilines is 1. The van der Waals surface area contributed by atoms with E-state index >= 15 is 0 Å². The van der Waals surface area contributed by atoms with Crippen LogP contribution in [0, 0.1) is 6.92 Å². The van der Waals surface area contributed by atoms with Crippen molar-refractivity contribution in [2.75, 3.05) is 5.32 Å². The van der Waals surface area contributed by atoms with Gasteiger partial charge >= 0.3 is 0 Å². The summed E-state index contributed by atoms with van der Waals surface area (Å²) in [5, 5.41) is 11.4. The maximum atomic E-state index is 11.7. The predicted octanol–water partition coefficient (Wildman–Crippen LogP) is 0.455. The summed E-state index contributed by atoms with van der Waals surface area (Å²) in [7, 11) is 0. The molecule has 0 saturated heterocycles. The maximum absolute atomic E-state index is 11.7. The van der Waals surface area contributed by atoms with Crippen molar-refractivity contribution in [2.45, 2.75) is 13.3 Å². The number of hydrogen-bond acceptors (Lipinski definition) is 5. The molecule has 0 fully saturated rings. The molecule has 0 radical (unpaired) electrons. The van der Waals surface area contributed by atoms with Gasteiger partial charge in [-0.15, -0.1) is 11.3 Å². The van der Waals surface area contributed by atoms with Crippen LogP contribution in [-0.2, 0) is 11.2 Å². The molecule has 0 aliphatic rings. The molecule has 4 N–H and O–H groups in total. The van der Waals surface area contributed by atoms with Crippen LogP contribution < -0.4 is 11.1 Å². The molecule has 2 aromatic heterocycles. The first kappa shape index (κ1) is 12.2. The SMILES string of the molecule is Cc1nc(CC(=O)Nc2[nH]ncc2C(N)=O)cs1. The van der Waals surface area contributed by atoms with Gasteiger partial charge in [-0.25, -0.2) is 4.98 Å². The van der Waals surface area contributed by atoms with Crippen LogP contribution in [0.4, 0.5) is 5.82 Å². The number of thiazole rings is 1. The summed E-state index contributed by atoms with van der Waals surface area (Å²) < 4.78 is 0. The molecule has 0 atom stereocenters. The summed E-state index contributed by atoms with van der Waals surface area (Å²) in [4.78, 5) is 26.9. The van der Waals surface area contributed by atoms with E-state index in [0.717, 1.165) is 5.01 Å². The van der Waals surface area contributed by atoms with Gasteiger partial charge in [-0.05, 0) is 6.92 Å². The fourth-order valence-electron chi connectivity index (χ4n) is 1.41. The Balaban J connectivity index is 2.03. The van der Waals surface area contributed by atoms with Crippen molar-refractivity contribution in [2.24, 2.45) is 5.73 Å². The van der Waals surface area contributed by atoms with Gasteiger partial charge in [-0.1, -0.05) is 0 Å². The van der Waals surface area contributed by atoms with Crippen LogP contribution in [0.2, 0.25) is 0 Å². The van der Waals surface area contributed by atoms with E-state index in [4.69, 9.17) is 5.73 Å². The highest BCUT2D eigenvalue weighted by Gasteiger charge is 2.14. The Morgan fingerprint density at radius 3 is 2.94 bits per heavy atom. The first-order chi connectivity index (χ1) is 8.56. The smallest absolute Gasteiger partial charge is 0.254 e. The quantitative estimate of drug-likeness (QED) is 0.744. The molecule has 0 aromatic carbocycles. The van der Waals surface area contributed by atoms with Crippen molar-refractivity contribution < 1.29 is 9.59 Å². The van der Waals surface area contributed by atoms with Gasteiger partial charge in [0.2, 0.25) is 5.91 Å². The van der Waals surface area contributed by atoms with Crippen molar-refractivity contribution in [3.05, 3.63) is 27.8 Å². The van der Waals surface area contributed by atoms with Crippen molar-refractivity contribution in [3.63, 3.8) is 0 Å². The number of rotatable bonds is 4. The highest BCUT2D eigenvalue weighted by molar-refractivity contribution is 7.09. The lowest BCUT2D eigenvalue weighted by Gasteiger charge is -2.02. The monoisotopic (exact) mass is 265 g/mol. The molecule has 0 aliphatic carbocycles. The van der Waals surface area contributed by atoms with E-state index in [9.17, 15) is 9.59 Å². The lowest BCUT2D eigenvalue weighted by molar-refractivity contribution is -0.115. The van der Waals surface area contributed by atoms with Gasteiger partial charge in [0.25, 0.3) is 5.91 Å². The average molecular weight is 265 g/mol. The van der Waals surface area contributed by atoms with E-state index in [0.29, 0.717) is 5.69 Å². The van der Waals surface area contributed by atoms with E-state index in [1.54, 1.807) is 0 Å². The van der Waals surface area contributed by atoms with E-state index in [1.165, 1.54) is 17.5 Å². The van der Waals surface area contributed by atoms with E-state index in [2.05, 4.69) is 20.5 Å². The van der Waals surface area contributed by atoms with E-state index in [1.807, 2.05) is 12.3 Å². The van der Waals surface area contributed by atoms with Crippen molar-refractivity contribution >= 4 is 29.0 Å². The maximum Gasteiger partial charge on any atom is 0.254 e. The lowest BCUT2D eigenvalue weighted by Crippen LogP contribution is -2.19. The second kappa shape index (κ2) is 4.96. The summed E-state index contributed by atoms with van der Waals surface area (Å²) in [6, 6.07) is 0. The standard InChI is InChI=1S/C10H11N5O2S/c1-5-13-6(4-18-5)2-8(16)14-10-7(9(11)17)3-12-15-10/h3-4H,2H2,1H3,(H2,11,17)(H2,12,14,15,16). The van der Waals surface area contributed by atoms with Gasteiger partial charge in [-0.3, -0.25) is 14.7 Å². The molecule has 0 spiro atoms. The zero-order valence-electron chi connectivity index (χ0n) is 9.56. The highest BCUT2D eigenvalue weighted by Crippen LogP contribution is 2.12. The molecule has 2 aromatic rings. The molecule has 7 nitrogen and oxygen atoms in total. The Hall–Kier alpha value is -2.22. The van der Waals surface area contributed by atoms with Crippen LogP contribution in [0.5, 0.6) is 0 Å². The average Bonchev–Trinajstić information content (AvgIpc) is 2.87. The summed E-state index contributed by atoms with van der Waals surface area (Å²) in [6.07, 6.45) is 1.41. The van der Waals surface area contributed by atoms with Crippen LogP contribution in [-0.4, -0.2) is 27.0 Å². The number of carbonyl (C=O) groups excluding carboxylic acids is 2. The number of aromatic nitrogens is 3. The third kappa shape index (κ3) is 2.72. The fourth-order valence-corrected chi connectivity index (χ4v) is 2.02. The minimum Gasteiger partial charge on any atom is -0.365 e. The topological polar surface area (TPSA) is 114 Å². The van der Waals surface area contributed by atoms with E-state index in [-0.39, 0.29) is 23.7 Å². The van der Waals surface area contributed by atoms with Gasteiger partial charge in [0.1, 0.15) is 11.4 Å². The molecule has 2 rings (SSSR count). The van der Waals surface area contributed by atoms with Crippen molar-refractivity contribution in [3.8, 4) is 0 Å². The molecule has 8 heteroatoms. The number of aryl methyl sites for hydroxylation is 1. The molecule has 0 aliphatic heterocycles. The normalized spacial score (nSPS) is 10.3. The van der Waals surface area contributed by atoms with Crippen LogP contribution in [0.3, 0.4) is 0 Å². The van der Waals surface area contributed by atoms with Crippen molar-refractivity contribution in [1.82, 2.24) is 15.2 Å². The van der Waals surface area contributed by atoms with Gasteiger partial charge in [0.15, 0.2) is 0 Å². The predicted molar refractivity (Wildman–Crippen MR) is 66.3 cm³/mol. The third-order valence-electron chi connectivity index (χ3n) is 2.18. The Bertz CT molecular complexity index is 589. The second-order valence-corrected chi connectivity index (χ2v) is 4.67. The molecule has 18 heavy (non-hydrogen) atoms. The number of nitrogens with zero attached hydrogens (tertiary/aromatic N) is 2. The first-order valence-corrected chi connectivity index (χ1v) is 5.98. The zero-order chi connectivity index (χ0) is 13.1. The zero-order valence-corrected chi connectivity index (χ0v) is 10.4. The van der Waals surface area contributed by atoms with Crippen LogP contribution in [0.25, 0.3) is 0 Å². The summed E-state index contributed by atoms with van der Waals surface area (Å²) in [6.45, 7) is 1.87. The molecule has 0 saturated carbocycles. The van der Waals surface area contributed by atoms with Gasteiger partial charge in [0, 0.05) is 5.38 Å². The first-order valence-electron chi connectivity index (χ1n) is 5.10. The van der Waals surface area contributed by atoms with Gasteiger partial charge < -0.3 is 11.1 Å². The molecule has 2 heterocycles. The molecule has 94 valence electrons. The number of nitrogens with one attached hydrogen (secondary N) is 2. The molecule has 2 amide bonds. The van der Waals surface area contributed by atoms with Gasteiger partial charge in [0.05, 0.1) is 23.3 Å². The Morgan fingerprint density at radius 1 is 1.56 bits per heavy atom. The Morgan fingerprint density at radius 2 is 2.33 bits per heavy atom. The second-order valence-electron chi connectivity index (χ2n) is 3.61. The van der Waals surface area contributed by atoms with Gasteiger partial charge in [-0.2, -0.15) is 5.10 Å². The number of amides is 2. The number of hydrogen-bond donors (Lipinski definition) is 3. The fraction of sp³-hybridized carbons (Fsp3) is 0.200. The third-order valence-corrected chi connectivity index (χ3v) is 3.00. The summed E-state index contributed by atoms with van der Waals surface area (Å²) >= 11 is 1.48. The lowest BCUT2D eigenvalue weighted by atomic mass is 10.3. The van der Waals surface area contributed by atoms with Crippen LogP contribution in [0.1, 0.15) is 21.1 Å². The molecular weight excluding hydrogens is 254 g/mol. The van der Waals surface area contributed by atoms with Crippen LogP contribution >= 0.6 is 11.3 Å². The number of H-pyrrole nitrogens is 1. The number of primary amides is 1. The molecular formula is C10H11N5O2S. The van der Waals surface area contributed by atoms with E-state index < -0.39 is 5.91 Å². The largest absolute Gasteiger partial charge is 0.365 e. The highest BCUT2D eigenvalue weighted by atomic mass is 32.1. The number of nitrogens with two attached hydrogens (primary N) is 1. The number of aromatic amines is 1. The van der Waals surface area contributed by atoms with Crippen molar-refractivity contribution in [1.29, 1.82) is 0 Å². The minimum atomic E-state index is -0.649. The number of carbonyl (C=O) groups is 2. The molecule has 0 unspecified atom stereocenters. The minimum absolute atomic E-state index is 0.140. The Labute approximate surface area is 106 Å². The van der Waals surface area contributed by atoms with Crippen LogP contribution in [0.15, 0.2) is 11.6 Å². The summed E-state index contributed by atoms with van der Waals surface area (Å²) in [5.74, 6) is -0.727.